The molecule has 1 fully saturated rings. The predicted octanol–water partition coefficient (Wildman–Crippen LogP) is 4.38. The van der Waals surface area contributed by atoms with Gasteiger partial charge in [-0.2, -0.15) is 0 Å². The molecular weight excluding hydrogens is 378 g/mol. The van der Waals surface area contributed by atoms with Crippen molar-refractivity contribution in [2.75, 3.05) is 20.1 Å². The summed E-state index contributed by atoms with van der Waals surface area (Å²) in [6.07, 6.45) is 7.37. The second-order valence-electron chi connectivity index (χ2n) is 8.23. The zero-order valence-corrected chi connectivity index (χ0v) is 18.1. The number of carbonyl (C=O) groups is 2. The zero-order valence-electron chi connectivity index (χ0n) is 18.1. The van der Waals surface area contributed by atoms with Crippen LogP contribution in [0.2, 0.25) is 0 Å². The summed E-state index contributed by atoms with van der Waals surface area (Å²) in [4.78, 5) is 31.0. The molecule has 0 radical (unpaired) electrons. The number of likely N-dealkylation sites (tertiary alicyclic amines) is 1. The van der Waals surface area contributed by atoms with Gasteiger partial charge in [0.1, 0.15) is 11.8 Å². The van der Waals surface area contributed by atoms with E-state index in [1.54, 1.807) is 6.20 Å². The summed E-state index contributed by atoms with van der Waals surface area (Å²) >= 11 is 0. The first-order valence-corrected chi connectivity index (χ1v) is 11.1. The van der Waals surface area contributed by atoms with Crippen LogP contribution in [-0.2, 0) is 9.59 Å². The molecule has 6 heteroatoms. The van der Waals surface area contributed by atoms with Crippen LogP contribution in [0.3, 0.4) is 0 Å². The van der Waals surface area contributed by atoms with Gasteiger partial charge in [-0.1, -0.05) is 50.1 Å². The summed E-state index contributed by atoms with van der Waals surface area (Å²) in [6, 6.07) is 9.61. The fourth-order valence-corrected chi connectivity index (χ4v) is 3.90. The van der Waals surface area contributed by atoms with E-state index in [1.807, 2.05) is 44.3 Å². The molecule has 6 nitrogen and oxygen atoms in total. The minimum atomic E-state index is -0.247. The van der Waals surface area contributed by atoms with Gasteiger partial charge >= 0.3 is 0 Å². The van der Waals surface area contributed by atoms with Crippen LogP contribution >= 0.6 is 0 Å². The van der Waals surface area contributed by atoms with Gasteiger partial charge < -0.3 is 14.6 Å². The fourth-order valence-electron chi connectivity index (χ4n) is 3.90. The lowest BCUT2D eigenvalue weighted by Gasteiger charge is -2.18. The Hall–Kier alpha value is -2.47. The van der Waals surface area contributed by atoms with Gasteiger partial charge in [0.25, 0.3) is 0 Å². The lowest BCUT2D eigenvalue weighted by Crippen LogP contribution is -2.35. The average molecular weight is 412 g/mol. The highest BCUT2D eigenvalue weighted by Crippen LogP contribution is 2.27. The number of hydrogen-bond donors (Lipinski definition) is 1. The summed E-state index contributed by atoms with van der Waals surface area (Å²) in [7, 11) is 2.04. The Morgan fingerprint density at radius 1 is 1.23 bits per heavy atom. The van der Waals surface area contributed by atoms with Gasteiger partial charge in [-0.05, 0) is 32.9 Å². The molecule has 0 aliphatic carbocycles. The monoisotopic (exact) mass is 411 g/mol. The normalized spacial score (nSPS) is 17.7. The number of unbranched alkanes of at least 4 members (excludes halogenated alkanes) is 2. The van der Waals surface area contributed by atoms with Crippen molar-refractivity contribution in [3.63, 3.8) is 0 Å². The van der Waals surface area contributed by atoms with E-state index in [0.29, 0.717) is 30.3 Å². The Morgan fingerprint density at radius 3 is 2.73 bits per heavy atom. The second-order valence-corrected chi connectivity index (χ2v) is 8.23. The first-order valence-electron chi connectivity index (χ1n) is 11.1. The number of ketones is 1. The van der Waals surface area contributed by atoms with Gasteiger partial charge in [-0.3, -0.25) is 9.59 Å². The van der Waals surface area contributed by atoms with E-state index in [9.17, 15) is 9.59 Å². The number of benzene rings is 1. The molecule has 2 heterocycles. The summed E-state index contributed by atoms with van der Waals surface area (Å²) in [5.74, 6) is 1.66. The molecule has 1 saturated heterocycles. The van der Waals surface area contributed by atoms with E-state index in [2.05, 4.69) is 15.2 Å². The van der Waals surface area contributed by atoms with Crippen molar-refractivity contribution in [2.45, 2.75) is 57.9 Å². The van der Waals surface area contributed by atoms with Crippen LogP contribution < -0.4 is 5.32 Å². The molecule has 3 rings (SSSR count). The Bertz CT molecular complexity index is 818. The van der Waals surface area contributed by atoms with E-state index in [4.69, 9.17) is 4.42 Å². The van der Waals surface area contributed by atoms with Crippen LogP contribution in [0, 0.1) is 5.92 Å². The topological polar surface area (TPSA) is 75.4 Å². The number of nitrogens with one attached hydrogen (secondary N) is 1. The van der Waals surface area contributed by atoms with Crippen molar-refractivity contribution in [2.24, 2.45) is 5.92 Å². The highest BCUT2D eigenvalue weighted by Gasteiger charge is 2.29. The molecule has 2 atom stereocenters. The zero-order chi connectivity index (χ0) is 21.3. The van der Waals surface area contributed by atoms with Gasteiger partial charge in [0.2, 0.25) is 11.8 Å². The third-order valence-electron chi connectivity index (χ3n) is 5.80. The molecule has 1 amide bonds. The number of oxazole rings is 1. The number of rotatable bonds is 11. The van der Waals surface area contributed by atoms with Crippen LogP contribution in [0.15, 0.2) is 40.9 Å². The molecule has 0 bridgehead atoms. The Morgan fingerprint density at radius 2 is 2.03 bits per heavy atom. The van der Waals surface area contributed by atoms with Crippen molar-refractivity contribution in [3.8, 4) is 11.3 Å². The summed E-state index contributed by atoms with van der Waals surface area (Å²) in [6.45, 7) is 3.64. The third-order valence-corrected chi connectivity index (χ3v) is 5.80. The molecule has 1 aliphatic rings. The minimum absolute atomic E-state index is 0.0169. The molecule has 0 spiro atoms. The number of carbonyl (C=O) groups excluding carboxylic acids is 2. The molecule has 2 unspecified atom stereocenters. The Kier molecular flexibility index (Phi) is 8.20. The summed E-state index contributed by atoms with van der Waals surface area (Å²) in [5, 5.41) is 3.18. The molecule has 2 aromatic rings. The molecular formula is C24H33N3O3. The molecule has 162 valence electrons. The van der Waals surface area contributed by atoms with Crippen LogP contribution in [0.25, 0.3) is 11.3 Å². The van der Waals surface area contributed by atoms with Crippen molar-refractivity contribution in [3.05, 3.63) is 42.4 Å². The quantitative estimate of drug-likeness (QED) is 0.555. The molecule has 1 N–H and O–H groups in total. The highest BCUT2D eigenvalue weighted by molar-refractivity contribution is 5.79. The molecule has 1 aliphatic heterocycles. The standard InChI is InChI=1S/C24H33N3O3/c1-3-20(28)12-8-5-9-13-21(26-23(29)19-14-15-27(2)17-19)24-25-16-22(30-24)18-10-6-4-7-11-18/h4,6-7,10-11,16,19,21H,3,5,8-9,12-15,17H2,1-2H3,(H,26,29). The predicted molar refractivity (Wildman–Crippen MR) is 117 cm³/mol. The molecule has 1 aromatic heterocycles. The number of hydrogen-bond acceptors (Lipinski definition) is 5. The first-order chi connectivity index (χ1) is 14.6. The maximum absolute atomic E-state index is 12.8. The lowest BCUT2D eigenvalue weighted by molar-refractivity contribution is -0.125. The highest BCUT2D eigenvalue weighted by atomic mass is 16.4. The van der Waals surface area contributed by atoms with Crippen molar-refractivity contribution >= 4 is 11.7 Å². The maximum Gasteiger partial charge on any atom is 0.225 e. The minimum Gasteiger partial charge on any atom is -0.438 e. The number of aromatic nitrogens is 1. The van der Waals surface area contributed by atoms with E-state index in [-0.39, 0.29) is 17.9 Å². The van der Waals surface area contributed by atoms with E-state index in [0.717, 1.165) is 50.8 Å². The third kappa shape index (κ3) is 6.26. The first kappa shape index (κ1) is 22.2. The van der Waals surface area contributed by atoms with E-state index >= 15 is 0 Å². The van der Waals surface area contributed by atoms with Crippen LogP contribution in [0.1, 0.15) is 63.8 Å². The van der Waals surface area contributed by atoms with Crippen molar-refractivity contribution in [1.82, 2.24) is 15.2 Å². The summed E-state index contributed by atoms with van der Waals surface area (Å²) < 4.78 is 6.04. The largest absolute Gasteiger partial charge is 0.438 e. The number of amides is 1. The van der Waals surface area contributed by atoms with E-state index in [1.165, 1.54) is 0 Å². The van der Waals surface area contributed by atoms with Crippen molar-refractivity contribution in [1.29, 1.82) is 0 Å². The second kappa shape index (κ2) is 11.1. The Labute approximate surface area is 179 Å². The van der Waals surface area contributed by atoms with Gasteiger partial charge in [0.15, 0.2) is 5.76 Å². The molecule has 0 saturated carbocycles. The van der Waals surface area contributed by atoms with E-state index < -0.39 is 0 Å². The van der Waals surface area contributed by atoms with Gasteiger partial charge in [-0.25, -0.2) is 4.98 Å². The fraction of sp³-hybridized carbons (Fsp3) is 0.542. The Balaban J connectivity index is 1.63. The van der Waals surface area contributed by atoms with Crippen LogP contribution in [0.5, 0.6) is 0 Å². The average Bonchev–Trinajstić information content (AvgIpc) is 3.42. The molecule has 1 aromatic carbocycles. The van der Waals surface area contributed by atoms with Gasteiger partial charge in [0.05, 0.1) is 12.1 Å². The summed E-state index contributed by atoms with van der Waals surface area (Å²) in [5.41, 5.74) is 0.969. The number of Topliss-reactive ketones (excluding diaryl/α,β-unsaturated/α-hetero) is 1. The molecule has 30 heavy (non-hydrogen) atoms. The van der Waals surface area contributed by atoms with Gasteiger partial charge in [-0.15, -0.1) is 0 Å². The maximum atomic E-state index is 12.8. The SMILES string of the molecule is CCC(=O)CCCCCC(NC(=O)C1CCN(C)C1)c1ncc(-c2ccccc2)o1. The lowest BCUT2D eigenvalue weighted by atomic mass is 10.0. The van der Waals surface area contributed by atoms with Crippen LogP contribution in [-0.4, -0.2) is 41.7 Å². The van der Waals surface area contributed by atoms with Gasteiger partial charge in [0, 0.05) is 24.9 Å². The number of nitrogens with zero attached hydrogens (tertiary/aromatic N) is 2. The van der Waals surface area contributed by atoms with Crippen molar-refractivity contribution < 1.29 is 14.0 Å². The smallest absolute Gasteiger partial charge is 0.225 e. The van der Waals surface area contributed by atoms with Crippen LogP contribution in [0.4, 0.5) is 0 Å².